The molecule has 108 valence electrons. The summed E-state index contributed by atoms with van der Waals surface area (Å²) in [5, 5.41) is 0. The van der Waals surface area contributed by atoms with Gasteiger partial charge in [-0.25, -0.2) is 0 Å². The van der Waals surface area contributed by atoms with E-state index in [0.29, 0.717) is 5.92 Å². The van der Waals surface area contributed by atoms with Gasteiger partial charge in [-0.3, -0.25) is 4.99 Å². The van der Waals surface area contributed by atoms with E-state index in [-0.39, 0.29) is 0 Å². The fourth-order valence-electron chi connectivity index (χ4n) is 4.05. The first-order valence-electron chi connectivity index (χ1n) is 8.25. The summed E-state index contributed by atoms with van der Waals surface area (Å²) in [5.41, 5.74) is 3.00. The van der Waals surface area contributed by atoms with Gasteiger partial charge in [0.15, 0.2) is 0 Å². The lowest BCUT2D eigenvalue weighted by Crippen LogP contribution is -2.32. The third-order valence-electron chi connectivity index (χ3n) is 5.34. The van der Waals surface area contributed by atoms with Crippen molar-refractivity contribution in [1.29, 1.82) is 0 Å². The van der Waals surface area contributed by atoms with Crippen molar-refractivity contribution < 1.29 is 0 Å². The highest BCUT2D eigenvalue weighted by Crippen LogP contribution is 2.40. The summed E-state index contributed by atoms with van der Waals surface area (Å²) >= 11 is 0. The molecule has 1 nitrogen and oxygen atoms in total. The van der Waals surface area contributed by atoms with Crippen LogP contribution >= 0.6 is 0 Å². The summed E-state index contributed by atoms with van der Waals surface area (Å²) in [4.78, 5) is 4.78. The fourth-order valence-corrected chi connectivity index (χ4v) is 4.05. The molecule has 0 radical (unpaired) electrons. The molecule has 0 amide bonds. The minimum atomic E-state index is 0.608. The summed E-state index contributed by atoms with van der Waals surface area (Å²) in [7, 11) is 0. The first-order chi connectivity index (χ1) is 9.00. The molecule has 0 spiro atoms. The van der Waals surface area contributed by atoms with Crippen LogP contribution in [0.1, 0.15) is 66.7 Å². The average Bonchev–Trinajstić information content (AvgIpc) is 2.29. The lowest BCUT2D eigenvalue weighted by atomic mass is 9.69. The molecular weight excluding hydrogens is 230 g/mol. The predicted octanol–water partition coefficient (Wildman–Crippen LogP) is 5.47. The van der Waals surface area contributed by atoms with Gasteiger partial charge in [-0.15, -0.1) is 0 Å². The summed E-state index contributed by atoms with van der Waals surface area (Å²) in [6, 6.07) is 0. The smallest absolute Gasteiger partial charge is 0.0259 e. The summed E-state index contributed by atoms with van der Waals surface area (Å²) in [6.45, 7) is 11.7. The molecule has 0 saturated heterocycles. The van der Waals surface area contributed by atoms with Crippen LogP contribution in [-0.2, 0) is 0 Å². The van der Waals surface area contributed by atoms with E-state index in [0.717, 1.165) is 23.7 Å². The third kappa shape index (κ3) is 3.30. The van der Waals surface area contributed by atoms with Crippen LogP contribution in [0.25, 0.3) is 0 Å². The zero-order valence-electron chi connectivity index (χ0n) is 13.4. The summed E-state index contributed by atoms with van der Waals surface area (Å²) in [5.74, 6) is 3.91. The Kier molecular flexibility index (Phi) is 4.86. The van der Waals surface area contributed by atoms with Crippen molar-refractivity contribution in [3.63, 3.8) is 0 Å². The molecular formula is C18H31N. The lowest BCUT2D eigenvalue weighted by Gasteiger charge is -2.37. The molecule has 1 heteroatoms. The van der Waals surface area contributed by atoms with Gasteiger partial charge in [0.1, 0.15) is 0 Å². The maximum Gasteiger partial charge on any atom is 0.0259 e. The van der Waals surface area contributed by atoms with E-state index in [4.69, 9.17) is 4.99 Å². The van der Waals surface area contributed by atoms with Crippen LogP contribution in [0.5, 0.6) is 0 Å². The van der Waals surface area contributed by atoms with Gasteiger partial charge in [0.25, 0.3) is 0 Å². The van der Waals surface area contributed by atoms with E-state index in [1.807, 2.05) is 0 Å². The molecule has 1 saturated carbocycles. The van der Waals surface area contributed by atoms with Crippen LogP contribution in [0.2, 0.25) is 0 Å². The fraction of sp³-hybridized carbons (Fsp3) is 0.833. The minimum absolute atomic E-state index is 0.608. The second-order valence-electron chi connectivity index (χ2n) is 7.31. The molecule has 0 aromatic heterocycles. The van der Waals surface area contributed by atoms with Crippen molar-refractivity contribution in [2.24, 2.45) is 34.6 Å². The van der Waals surface area contributed by atoms with Gasteiger partial charge in [0.2, 0.25) is 0 Å². The zero-order valence-corrected chi connectivity index (χ0v) is 13.4. The standard InChI is InChI=1S/C18H31N/c1-12(2)15-7-6-8-17-16(10-9-15)14(5)11-19-18(17)13(3)4/h11-13,15-17H,6-10H2,1-5H3. The van der Waals surface area contributed by atoms with Gasteiger partial charge in [0, 0.05) is 17.8 Å². The Labute approximate surface area is 119 Å². The Balaban J connectivity index is 2.15. The molecule has 3 atom stereocenters. The van der Waals surface area contributed by atoms with E-state index < -0.39 is 0 Å². The van der Waals surface area contributed by atoms with Crippen LogP contribution in [0.3, 0.4) is 0 Å². The molecule has 2 rings (SSSR count). The summed E-state index contributed by atoms with van der Waals surface area (Å²) < 4.78 is 0. The third-order valence-corrected chi connectivity index (χ3v) is 5.34. The number of aliphatic imine (C=N–C) groups is 1. The zero-order chi connectivity index (χ0) is 14.0. The van der Waals surface area contributed by atoms with Gasteiger partial charge >= 0.3 is 0 Å². The molecule has 0 N–H and O–H groups in total. The second-order valence-corrected chi connectivity index (χ2v) is 7.31. The molecule has 1 fully saturated rings. The molecule has 1 aliphatic carbocycles. The molecule has 3 unspecified atom stereocenters. The molecule has 0 bridgehead atoms. The van der Waals surface area contributed by atoms with Crippen LogP contribution in [0, 0.1) is 29.6 Å². The van der Waals surface area contributed by atoms with Gasteiger partial charge in [-0.1, -0.05) is 46.1 Å². The van der Waals surface area contributed by atoms with Gasteiger partial charge in [-0.2, -0.15) is 0 Å². The second kappa shape index (κ2) is 6.24. The van der Waals surface area contributed by atoms with Crippen LogP contribution in [0.15, 0.2) is 16.8 Å². The highest BCUT2D eigenvalue weighted by atomic mass is 14.8. The number of hydrogen-bond donors (Lipinski definition) is 0. The number of nitrogens with zero attached hydrogens (tertiary/aromatic N) is 1. The SMILES string of the molecule is CC1=CN=C(C(C)C)C2CCCC(C(C)C)CCC12. The Morgan fingerprint density at radius 2 is 1.74 bits per heavy atom. The van der Waals surface area contributed by atoms with E-state index in [2.05, 4.69) is 40.8 Å². The van der Waals surface area contributed by atoms with Gasteiger partial charge in [-0.05, 0) is 49.9 Å². The van der Waals surface area contributed by atoms with Crippen LogP contribution < -0.4 is 0 Å². The lowest BCUT2D eigenvalue weighted by molar-refractivity contribution is 0.250. The maximum atomic E-state index is 4.78. The predicted molar refractivity (Wildman–Crippen MR) is 84.4 cm³/mol. The van der Waals surface area contributed by atoms with Crippen LogP contribution in [-0.4, -0.2) is 5.71 Å². The molecule has 0 aromatic carbocycles. The van der Waals surface area contributed by atoms with Crippen molar-refractivity contribution in [2.45, 2.75) is 66.7 Å². The highest BCUT2D eigenvalue weighted by Gasteiger charge is 2.33. The minimum Gasteiger partial charge on any atom is -0.265 e. The molecule has 2 aliphatic rings. The monoisotopic (exact) mass is 261 g/mol. The number of allylic oxidation sites excluding steroid dienone is 1. The average molecular weight is 261 g/mol. The Hall–Kier alpha value is -0.590. The largest absolute Gasteiger partial charge is 0.265 e. The van der Waals surface area contributed by atoms with E-state index in [9.17, 15) is 0 Å². The van der Waals surface area contributed by atoms with Crippen molar-refractivity contribution in [1.82, 2.24) is 0 Å². The van der Waals surface area contributed by atoms with Crippen LogP contribution in [0.4, 0.5) is 0 Å². The van der Waals surface area contributed by atoms with E-state index >= 15 is 0 Å². The van der Waals surface area contributed by atoms with Gasteiger partial charge < -0.3 is 0 Å². The number of fused-ring (bicyclic) bond motifs is 1. The number of rotatable bonds is 2. The van der Waals surface area contributed by atoms with E-state index in [1.165, 1.54) is 43.4 Å². The molecule has 1 heterocycles. The van der Waals surface area contributed by atoms with E-state index in [1.54, 1.807) is 0 Å². The highest BCUT2D eigenvalue weighted by molar-refractivity contribution is 5.90. The van der Waals surface area contributed by atoms with Gasteiger partial charge in [0.05, 0.1) is 0 Å². The topological polar surface area (TPSA) is 12.4 Å². The van der Waals surface area contributed by atoms with Crippen molar-refractivity contribution in [2.75, 3.05) is 0 Å². The normalized spacial score (nSPS) is 32.5. The molecule has 0 aromatic rings. The Morgan fingerprint density at radius 3 is 2.37 bits per heavy atom. The molecule has 1 aliphatic heterocycles. The summed E-state index contributed by atoms with van der Waals surface area (Å²) in [6.07, 6.45) is 9.12. The Bertz CT molecular complexity index is 362. The maximum absolute atomic E-state index is 4.78. The molecule has 19 heavy (non-hydrogen) atoms. The Morgan fingerprint density at radius 1 is 1.00 bits per heavy atom. The van der Waals surface area contributed by atoms with Crippen molar-refractivity contribution in [3.05, 3.63) is 11.8 Å². The first-order valence-corrected chi connectivity index (χ1v) is 8.25. The van der Waals surface area contributed by atoms with Crippen molar-refractivity contribution in [3.8, 4) is 0 Å². The number of hydrogen-bond acceptors (Lipinski definition) is 1. The van der Waals surface area contributed by atoms with Crippen molar-refractivity contribution >= 4 is 5.71 Å². The first kappa shape index (κ1) is 14.8. The quantitative estimate of drug-likeness (QED) is 0.625.